The zero-order valence-corrected chi connectivity index (χ0v) is 16.2. The summed E-state index contributed by atoms with van der Waals surface area (Å²) in [4.78, 5) is 22.8. The number of carbonyl (C=O) groups is 2. The Labute approximate surface area is 167 Å². The number of halogens is 2. The summed E-state index contributed by atoms with van der Waals surface area (Å²) >= 11 is 0. The Bertz CT molecular complexity index is 871. The summed E-state index contributed by atoms with van der Waals surface area (Å²) in [5.41, 5.74) is 2.05. The highest BCUT2D eigenvalue weighted by Gasteiger charge is 2.35. The zero-order chi connectivity index (χ0) is 21.2. The van der Waals surface area contributed by atoms with Gasteiger partial charge in [-0.2, -0.15) is 8.78 Å². The molecule has 5 nitrogen and oxygen atoms in total. The fraction of sp³-hybridized carbons (Fsp3) is 0.364. The van der Waals surface area contributed by atoms with Crippen molar-refractivity contribution >= 4 is 11.9 Å². The van der Waals surface area contributed by atoms with Gasteiger partial charge in [-0.3, -0.25) is 4.79 Å². The maximum Gasteiger partial charge on any atom is 0.335 e. The van der Waals surface area contributed by atoms with E-state index in [1.54, 1.807) is 6.92 Å². The second-order valence-corrected chi connectivity index (χ2v) is 7.46. The minimum atomic E-state index is -3.50. The Balaban J connectivity index is 1.83. The average Bonchev–Trinajstić information content (AvgIpc) is 3.51. The molecular weight excluding hydrogens is 380 g/mol. The van der Waals surface area contributed by atoms with Gasteiger partial charge in [-0.25, -0.2) is 4.79 Å². The van der Waals surface area contributed by atoms with Crippen LogP contribution in [0.4, 0.5) is 8.78 Å². The fourth-order valence-electron chi connectivity index (χ4n) is 3.07. The van der Waals surface area contributed by atoms with E-state index in [1.807, 2.05) is 24.3 Å². The summed E-state index contributed by atoms with van der Waals surface area (Å²) < 4.78 is 32.6. The summed E-state index contributed by atoms with van der Waals surface area (Å²) in [7, 11) is 0. The second kappa shape index (κ2) is 8.19. The van der Waals surface area contributed by atoms with Crippen LogP contribution in [0.1, 0.15) is 60.2 Å². The number of hydrogen-bond donors (Lipinski definition) is 2. The van der Waals surface area contributed by atoms with Gasteiger partial charge in [0.05, 0.1) is 11.6 Å². The van der Waals surface area contributed by atoms with Gasteiger partial charge in [0.25, 0.3) is 5.91 Å². The van der Waals surface area contributed by atoms with Gasteiger partial charge < -0.3 is 15.2 Å². The number of benzene rings is 2. The lowest BCUT2D eigenvalue weighted by molar-refractivity contribution is -0.144. The molecule has 2 N–H and O–H groups in total. The van der Waals surface area contributed by atoms with Crippen molar-refractivity contribution in [2.75, 3.05) is 0 Å². The third-order valence-corrected chi connectivity index (χ3v) is 4.89. The van der Waals surface area contributed by atoms with Crippen LogP contribution in [-0.4, -0.2) is 28.9 Å². The van der Waals surface area contributed by atoms with Crippen LogP contribution in [0.3, 0.4) is 0 Å². The molecule has 1 fully saturated rings. The molecule has 1 aliphatic carbocycles. The van der Waals surface area contributed by atoms with Crippen LogP contribution < -0.4 is 10.1 Å². The van der Waals surface area contributed by atoms with Gasteiger partial charge in [0, 0.05) is 6.92 Å². The number of alkyl halides is 2. The molecule has 2 atom stereocenters. The molecule has 0 bridgehead atoms. The predicted molar refractivity (Wildman–Crippen MR) is 103 cm³/mol. The van der Waals surface area contributed by atoms with Crippen LogP contribution in [0.5, 0.6) is 5.75 Å². The van der Waals surface area contributed by atoms with Gasteiger partial charge in [0.2, 0.25) is 0 Å². The van der Waals surface area contributed by atoms with E-state index in [0.717, 1.165) is 18.4 Å². The molecule has 1 aliphatic rings. The standard InChI is InChI=1S/C22H23F2NO4/c1-13(25-21(28)22(2,23)24)19(16-7-5-15(6-8-16)14-3-4-14)29-18-11-9-17(10-12-18)20(26)27/h5-14,19H,3-4H2,1-2H3,(H,25,28)(H,26,27)/t13-,19-/m0/s1. The normalized spacial score (nSPS) is 16.0. The van der Waals surface area contributed by atoms with Crippen LogP contribution in [0, 0.1) is 0 Å². The number of hydrogen-bond acceptors (Lipinski definition) is 3. The summed E-state index contributed by atoms with van der Waals surface area (Å²) in [6.07, 6.45) is 1.59. The number of carbonyl (C=O) groups excluding carboxylic acids is 1. The van der Waals surface area contributed by atoms with E-state index in [-0.39, 0.29) is 5.56 Å². The molecule has 0 unspecified atom stereocenters. The van der Waals surface area contributed by atoms with Gasteiger partial charge in [-0.15, -0.1) is 0 Å². The first-order valence-corrected chi connectivity index (χ1v) is 9.44. The van der Waals surface area contributed by atoms with Crippen molar-refractivity contribution in [2.45, 2.75) is 50.7 Å². The van der Waals surface area contributed by atoms with Crippen molar-refractivity contribution in [2.24, 2.45) is 0 Å². The topological polar surface area (TPSA) is 75.6 Å². The van der Waals surface area contributed by atoms with Crippen molar-refractivity contribution in [3.8, 4) is 5.75 Å². The monoisotopic (exact) mass is 403 g/mol. The van der Waals surface area contributed by atoms with E-state index < -0.39 is 29.9 Å². The smallest absolute Gasteiger partial charge is 0.335 e. The van der Waals surface area contributed by atoms with Gasteiger partial charge >= 0.3 is 11.9 Å². The lowest BCUT2D eigenvalue weighted by Crippen LogP contribution is -2.46. The number of carboxylic acids is 1. The molecule has 3 rings (SSSR count). The number of rotatable bonds is 8. The molecular formula is C22H23F2NO4. The summed E-state index contributed by atoms with van der Waals surface area (Å²) in [5, 5.41) is 11.3. The first-order valence-electron chi connectivity index (χ1n) is 9.44. The molecule has 0 saturated heterocycles. The van der Waals surface area contributed by atoms with Gasteiger partial charge in [-0.1, -0.05) is 24.3 Å². The molecule has 0 heterocycles. The highest BCUT2D eigenvalue weighted by Crippen LogP contribution is 2.40. The fourth-order valence-corrected chi connectivity index (χ4v) is 3.07. The van der Waals surface area contributed by atoms with Gasteiger partial charge in [-0.05, 0) is 61.1 Å². The van der Waals surface area contributed by atoms with Crippen LogP contribution >= 0.6 is 0 Å². The first-order chi connectivity index (χ1) is 13.6. The molecule has 7 heteroatoms. The number of carboxylic acid groups (broad SMARTS) is 1. The molecule has 0 aliphatic heterocycles. The van der Waals surface area contributed by atoms with Crippen LogP contribution in [-0.2, 0) is 4.79 Å². The van der Waals surface area contributed by atoms with Crippen molar-refractivity contribution in [1.82, 2.24) is 5.32 Å². The van der Waals surface area contributed by atoms with Crippen LogP contribution in [0.2, 0.25) is 0 Å². The maximum absolute atomic E-state index is 13.3. The van der Waals surface area contributed by atoms with E-state index in [0.29, 0.717) is 18.6 Å². The van der Waals surface area contributed by atoms with Gasteiger partial charge in [0.15, 0.2) is 0 Å². The summed E-state index contributed by atoms with van der Waals surface area (Å²) in [6.45, 7) is 2.13. The molecule has 0 spiro atoms. The van der Waals surface area contributed by atoms with Crippen LogP contribution in [0.25, 0.3) is 0 Å². The van der Waals surface area contributed by atoms with Crippen molar-refractivity contribution in [1.29, 1.82) is 0 Å². The molecule has 29 heavy (non-hydrogen) atoms. The zero-order valence-electron chi connectivity index (χ0n) is 16.2. The summed E-state index contributed by atoms with van der Waals surface area (Å²) in [6, 6.07) is 12.8. The first kappa shape index (κ1) is 20.8. The van der Waals surface area contributed by atoms with Gasteiger partial charge in [0.1, 0.15) is 11.9 Å². The van der Waals surface area contributed by atoms with Crippen molar-refractivity contribution < 1.29 is 28.2 Å². The predicted octanol–water partition coefficient (Wildman–Crippen LogP) is 4.54. The molecule has 2 aromatic rings. The Morgan fingerprint density at radius 2 is 1.69 bits per heavy atom. The van der Waals surface area contributed by atoms with E-state index in [4.69, 9.17) is 9.84 Å². The minimum absolute atomic E-state index is 0.106. The second-order valence-electron chi connectivity index (χ2n) is 7.46. The number of aromatic carboxylic acids is 1. The number of amides is 1. The van der Waals surface area contributed by atoms with E-state index in [9.17, 15) is 18.4 Å². The summed E-state index contributed by atoms with van der Waals surface area (Å²) in [5.74, 6) is -5.00. The largest absolute Gasteiger partial charge is 0.484 e. The molecule has 0 aromatic heterocycles. The highest BCUT2D eigenvalue weighted by atomic mass is 19.3. The SMILES string of the molecule is C[C@H](NC(=O)C(C)(F)F)[C@H](Oc1ccc(C(=O)O)cc1)c1ccc(C2CC2)cc1. The van der Waals surface area contributed by atoms with Crippen LogP contribution in [0.15, 0.2) is 48.5 Å². The Hall–Kier alpha value is -2.96. The maximum atomic E-state index is 13.3. The van der Waals surface area contributed by atoms with Crippen molar-refractivity contribution in [3.05, 3.63) is 65.2 Å². The Kier molecular flexibility index (Phi) is 5.86. The third-order valence-electron chi connectivity index (χ3n) is 4.89. The Morgan fingerprint density at radius 1 is 1.10 bits per heavy atom. The Morgan fingerprint density at radius 3 is 2.17 bits per heavy atom. The minimum Gasteiger partial charge on any atom is -0.484 e. The van der Waals surface area contributed by atoms with E-state index in [1.165, 1.54) is 29.8 Å². The van der Waals surface area contributed by atoms with E-state index in [2.05, 4.69) is 5.32 Å². The quantitative estimate of drug-likeness (QED) is 0.678. The van der Waals surface area contributed by atoms with Crippen molar-refractivity contribution in [3.63, 3.8) is 0 Å². The molecule has 154 valence electrons. The molecule has 1 saturated carbocycles. The molecule has 1 amide bonds. The third kappa shape index (κ3) is 5.31. The average molecular weight is 403 g/mol. The molecule has 0 radical (unpaired) electrons. The number of nitrogens with one attached hydrogen (secondary N) is 1. The lowest BCUT2D eigenvalue weighted by Gasteiger charge is -2.27. The highest BCUT2D eigenvalue weighted by molar-refractivity contribution is 5.87. The molecule has 2 aromatic carbocycles. The van der Waals surface area contributed by atoms with E-state index >= 15 is 0 Å². The number of ether oxygens (including phenoxy) is 1. The lowest BCUT2D eigenvalue weighted by atomic mass is 10.00.